The summed E-state index contributed by atoms with van der Waals surface area (Å²) in [5.41, 5.74) is 2.15. The Balaban J connectivity index is 2.43. The zero-order chi connectivity index (χ0) is 16.4. The number of carbonyl (C=O) groups is 1. The molecule has 1 atom stereocenters. The SMILES string of the molecule is CC[C@](Cc1ccccc1)(C(=O)O)N(NC1CC1)S(C)(=O)=O. The van der Waals surface area contributed by atoms with E-state index in [1.54, 1.807) is 6.92 Å². The summed E-state index contributed by atoms with van der Waals surface area (Å²) in [6.07, 6.45) is 3.05. The Bertz CT molecular complexity index is 628. The topological polar surface area (TPSA) is 86.7 Å². The third-order valence-electron chi connectivity index (χ3n) is 3.92. The highest BCUT2D eigenvalue weighted by Crippen LogP contribution is 2.30. The standard InChI is InChI=1S/C15H22N2O4S/c1-3-15(14(18)19,11-12-7-5-4-6-8-12)17(22(2,20)21)16-13-9-10-13/h4-8,13,16H,3,9-11H2,1-2H3,(H,18,19)/t15-/m0/s1. The third kappa shape index (κ3) is 3.66. The maximum absolute atomic E-state index is 12.2. The van der Waals surface area contributed by atoms with Gasteiger partial charge >= 0.3 is 5.97 Å². The van der Waals surface area contributed by atoms with E-state index >= 15 is 0 Å². The lowest BCUT2D eigenvalue weighted by Gasteiger charge is -2.38. The van der Waals surface area contributed by atoms with Gasteiger partial charge in [0.15, 0.2) is 5.54 Å². The van der Waals surface area contributed by atoms with E-state index in [4.69, 9.17) is 0 Å². The van der Waals surface area contributed by atoms with Crippen molar-refractivity contribution >= 4 is 16.0 Å². The average molecular weight is 326 g/mol. The number of aliphatic carboxylic acids is 1. The molecule has 0 bridgehead atoms. The molecule has 0 unspecified atom stereocenters. The molecular formula is C15H22N2O4S. The minimum Gasteiger partial charge on any atom is -0.480 e. The van der Waals surface area contributed by atoms with Crippen LogP contribution in [0.3, 0.4) is 0 Å². The molecule has 22 heavy (non-hydrogen) atoms. The lowest BCUT2D eigenvalue weighted by atomic mass is 9.89. The second-order valence-corrected chi connectivity index (χ2v) is 7.61. The van der Waals surface area contributed by atoms with Crippen LogP contribution in [0.2, 0.25) is 0 Å². The van der Waals surface area contributed by atoms with Gasteiger partial charge < -0.3 is 5.11 Å². The summed E-state index contributed by atoms with van der Waals surface area (Å²) in [5, 5.41) is 9.81. The lowest BCUT2D eigenvalue weighted by molar-refractivity contribution is -0.150. The molecule has 1 saturated carbocycles. The molecule has 1 aromatic rings. The van der Waals surface area contributed by atoms with Crippen LogP contribution in [0.15, 0.2) is 30.3 Å². The molecular weight excluding hydrogens is 304 g/mol. The second kappa shape index (κ2) is 6.36. The van der Waals surface area contributed by atoms with Crippen molar-refractivity contribution < 1.29 is 18.3 Å². The molecule has 1 fully saturated rings. The normalized spacial score (nSPS) is 18.1. The van der Waals surface area contributed by atoms with Crippen LogP contribution in [0.25, 0.3) is 0 Å². The summed E-state index contributed by atoms with van der Waals surface area (Å²) in [6.45, 7) is 1.70. The number of hydrazine groups is 1. The van der Waals surface area contributed by atoms with E-state index in [-0.39, 0.29) is 18.9 Å². The first-order valence-corrected chi connectivity index (χ1v) is 9.18. The highest BCUT2D eigenvalue weighted by atomic mass is 32.2. The molecule has 1 aliphatic carbocycles. The Labute approximate surface area is 131 Å². The first-order chi connectivity index (χ1) is 10.3. The number of rotatable bonds is 8. The van der Waals surface area contributed by atoms with Gasteiger partial charge in [-0.1, -0.05) is 37.3 Å². The average Bonchev–Trinajstić information content (AvgIpc) is 3.26. The van der Waals surface area contributed by atoms with Gasteiger partial charge in [-0.05, 0) is 24.8 Å². The van der Waals surface area contributed by atoms with E-state index in [0.717, 1.165) is 29.1 Å². The molecule has 1 aromatic carbocycles. The molecule has 0 amide bonds. The van der Waals surface area contributed by atoms with Crippen molar-refractivity contribution in [3.05, 3.63) is 35.9 Å². The number of nitrogens with zero attached hydrogens (tertiary/aromatic N) is 1. The molecule has 0 aromatic heterocycles. The van der Waals surface area contributed by atoms with E-state index < -0.39 is 21.5 Å². The van der Waals surface area contributed by atoms with Crippen LogP contribution in [0.1, 0.15) is 31.7 Å². The lowest BCUT2D eigenvalue weighted by Crippen LogP contribution is -2.63. The molecule has 2 N–H and O–H groups in total. The third-order valence-corrected chi connectivity index (χ3v) is 5.04. The Hall–Kier alpha value is -1.44. The minimum atomic E-state index is -3.71. The van der Waals surface area contributed by atoms with Gasteiger partial charge in [0, 0.05) is 12.5 Å². The fraction of sp³-hybridized carbons (Fsp3) is 0.533. The number of carboxylic acids is 1. The maximum Gasteiger partial charge on any atom is 0.327 e. The minimum absolute atomic E-state index is 0.0378. The van der Waals surface area contributed by atoms with Gasteiger partial charge in [-0.3, -0.25) is 4.79 Å². The van der Waals surface area contributed by atoms with Crippen LogP contribution in [-0.4, -0.2) is 41.7 Å². The first-order valence-electron chi connectivity index (χ1n) is 7.33. The van der Waals surface area contributed by atoms with Crippen LogP contribution in [-0.2, 0) is 21.2 Å². The first kappa shape index (κ1) is 16.9. The van der Waals surface area contributed by atoms with Gasteiger partial charge in [0.05, 0.1) is 6.26 Å². The summed E-state index contributed by atoms with van der Waals surface area (Å²) in [6, 6.07) is 9.13. The largest absolute Gasteiger partial charge is 0.480 e. The highest BCUT2D eigenvalue weighted by molar-refractivity contribution is 7.88. The molecule has 0 saturated heterocycles. The van der Waals surface area contributed by atoms with E-state index in [9.17, 15) is 18.3 Å². The molecule has 2 rings (SSSR count). The fourth-order valence-corrected chi connectivity index (χ4v) is 3.75. The van der Waals surface area contributed by atoms with Crippen molar-refractivity contribution in [1.82, 2.24) is 9.84 Å². The Kier molecular flexibility index (Phi) is 4.89. The Morgan fingerprint density at radius 1 is 1.36 bits per heavy atom. The summed E-state index contributed by atoms with van der Waals surface area (Å²) >= 11 is 0. The zero-order valence-electron chi connectivity index (χ0n) is 12.8. The van der Waals surface area contributed by atoms with Crippen molar-refractivity contribution in [3.8, 4) is 0 Å². The number of hydrogen-bond acceptors (Lipinski definition) is 4. The number of benzene rings is 1. The van der Waals surface area contributed by atoms with Crippen molar-refractivity contribution in [1.29, 1.82) is 0 Å². The van der Waals surface area contributed by atoms with E-state index in [0.29, 0.717) is 0 Å². The molecule has 0 heterocycles. The van der Waals surface area contributed by atoms with Gasteiger partial charge in [0.25, 0.3) is 0 Å². The Morgan fingerprint density at radius 3 is 2.36 bits per heavy atom. The summed E-state index contributed by atoms with van der Waals surface area (Å²) in [7, 11) is -3.71. The predicted molar refractivity (Wildman–Crippen MR) is 83.6 cm³/mol. The van der Waals surface area contributed by atoms with Crippen LogP contribution in [0.4, 0.5) is 0 Å². The van der Waals surface area contributed by atoms with Gasteiger partial charge in [0.2, 0.25) is 10.0 Å². The second-order valence-electron chi connectivity index (χ2n) is 5.78. The van der Waals surface area contributed by atoms with Crippen LogP contribution >= 0.6 is 0 Å². The molecule has 6 nitrogen and oxygen atoms in total. The molecule has 7 heteroatoms. The van der Waals surface area contributed by atoms with Crippen LogP contribution < -0.4 is 5.43 Å². The van der Waals surface area contributed by atoms with Crippen molar-refractivity contribution in [2.45, 2.75) is 44.2 Å². The molecule has 1 aliphatic rings. The zero-order valence-corrected chi connectivity index (χ0v) is 13.6. The predicted octanol–water partition coefficient (Wildman–Crippen LogP) is 1.39. The monoisotopic (exact) mass is 326 g/mol. The van der Waals surface area contributed by atoms with Gasteiger partial charge in [-0.25, -0.2) is 13.8 Å². The Morgan fingerprint density at radius 2 is 1.95 bits per heavy atom. The quantitative estimate of drug-likeness (QED) is 0.705. The summed E-state index contributed by atoms with van der Waals surface area (Å²) < 4.78 is 25.4. The van der Waals surface area contributed by atoms with Gasteiger partial charge in [-0.15, -0.1) is 4.41 Å². The number of hydrogen-bond donors (Lipinski definition) is 2. The number of sulfonamides is 1. The van der Waals surface area contributed by atoms with Gasteiger partial charge in [0.1, 0.15) is 0 Å². The summed E-state index contributed by atoms with van der Waals surface area (Å²) in [4.78, 5) is 12.0. The molecule has 0 aliphatic heterocycles. The smallest absolute Gasteiger partial charge is 0.327 e. The summed E-state index contributed by atoms with van der Waals surface area (Å²) in [5.74, 6) is -1.14. The van der Waals surface area contributed by atoms with Crippen molar-refractivity contribution in [3.63, 3.8) is 0 Å². The molecule has 0 radical (unpaired) electrons. The number of carboxylic acid groups (broad SMARTS) is 1. The van der Waals surface area contributed by atoms with Crippen molar-refractivity contribution in [2.24, 2.45) is 0 Å². The highest BCUT2D eigenvalue weighted by Gasteiger charge is 2.49. The van der Waals surface area contributed by atoms with E-state index in [1.165, 1.54) is 0 Å². The van der Waals surface area contributed by atoms with Crippen LogP contribution in [0.5, 0.6) is 0 Å². The number of nitrogens with one attached hydrogen (secondary N) is 1. The fourth-order valence-electron chi connectivity index (χ4n) is 2.50. The van der Waals surface area contributed by atoms with Crippen molar-refractivity contribution in [2.75, 3.05) is 6.26 Å². The molecule has 122 valence electrons. The van der Waals surface area contributed by atoms with Crippen LogP contribution in [0, 0.1) is 0 Å². The van der Waals surface area contributed by atoms with Gasteiger partial charge in [-0.2, -0.15) is 0 Å². The maximum atomic E-state index is 12.2. The van der Waals surface area contributed by atoms with E-state index in [2.05, 4.69) is 5.43 Å². The van der Waals surface area contributed by atoms with E-state index in [1.807, 2.05) is 30.3 Å². The molecule has 0 spiro atoms.